The fourth-order valence-electron chi connectivity index (χ4n) is 4.35. The van der Waals surface area contributed by atoms with Gasteiger partial charge >= 0.3 is 0 Å². The van der Waals surface area contributed by atoms with Gasteiger partial charge in [-0.05, 0) is 29.7 Å². The monoisotopic (exact) mass is 318 g/mol. The second-order valence-corrected chi connectivity index (χ2v) is 8.34. The molecule has 0 amide bonds. The maximum atomic E-state index is 12.2. The standard InChI is InChI=1S/C20H30O3/c1-6-20(5)10-8-16(22)14(12-20)11-17(23)18-13(2)15(21)7-9-19(18,3)4/h6,12-13,17-18,23H,1,7-11H2,2-5H3/t13-,17-,18+,20+/m1/s1. The Morgan fingerprint density at radius 3 is 2.57 bits per heavy atom. The first kappa shape index (κ1) is 18.1. The first-order valence-electron chi connectivity index (χ1n) is 8.69. The number of allylic oxidation sites excluding steroid dienone is 2. The predicted molar refractivity (Wildman–Crippen MR) is 91.9 cm³/mol. The van der Waals surface area contributed by atoms with Crippen LogP contribution in [0.4, 0.5) is 0 Å². The average molecular weight is 318 g/mol. The molecule has 0 heterocycles. The summed E-state index contributed by atoms with van der Waals surface area (Å²) in [6.45, 7) is 12.1. The molecule has 2 aliphatic carbocycles. The van der Waals surface area contributed by atoms with Gasteiger partial charge in [0.05, 0.1) is 6.10 Å². The van der Waals surface area contributed by atoms with Crippen LogP contribution < -0.4 is 0 Å². The Bertz CT molecular complexity index is 543. The highest BCUT2D eigenvalue weighted by molar-refractivity contribution is 5.96. The fourth-order valence-corrected chi connectivity index (χ4v) is 4.35. The number of carbonyl (C=O) groups is 2. The molecule has 2 rings (SSSR count). The van der Waals surface area contributed by atoms with Gasteiger partial charge in [0.15, 0.2) is 5.78 Å². The van der Waals surface area contributed by atoms with Crippen molar-refractivity contribution >= 4 is 11.6 Å². The second kappa shape index (κ2) is 6.35. The lowest BCUT2D eigenvalue weighted by Crippen LogP contribution is -2.46. The van der Waals surface area contributed by atoms with Crippen LogP contribution >= 0.6 is 0 Å². The third-order valence-corrected chi connectivity index (χ3v) is 6.03. The lowest BCUT2D eigenvalue weighted by atomic mass is 9.60. The lowest BCUT2D eigenvalue weighted by Gasteiger charge is -2.45. The van der Waals surface area contributed by atoms with E-state index in [1.165, 1.54) is 0 Å². The molecule has 0 saturated heterocycles. The second-order valence-electron chi connectivity index (χ2n) is 8.34. The zero-order valence-electron chi connectivity index (χ0n) is 14.9. The van der Waals surface area contributed by atoms with E-state index in [-0.39, 0.29) is 34.2 Å². The van der Waals surface area contributed by atoms with Crippen LogP contribution in [0.5, 0.6) is 0 Å². The molecule has 4 atom stereocenters. The molecule has 0 aromatic rings. The summed E-state index contributed by atoms with van der Waals surface area (Å²) in [5.74, 6) is 0.0948. The Labute approximate surface area is 139 Å². The van der Waals surface area contributed by atoms with Crippen molar-refractivity contribution in [2.45, 2.75) is 65.9 Å². The average Bonchev–Trinajstić information content (AvgIpc) is 2.47. The van der Waals surface area contributed by atoms with E-state index in [0.717, 1.165) is 12.8 Å². The van der Waals surface area contributed by atoms with Crippen molar-refractivity contribution in [3.63, 3.8) is 0 Å². The SMILES string of the molecule is C=C[C@]1(C)C=C(C[C@@H](O)[C@@H]2[C@H](C)C(=O)CCC2(C)C)C(=O)CC1. The van der Waals surface area contributed by atoms with Crippen molar-refractivity contribution in [2.24, 2.45) is 22.7 Å². The van der Waals surface area contributed by atoms with Crippen molar-refractivity contribution in [3.8, 4) is 0 Å². The molecule has 3 nitrogen and oxygen atoms in total. The minimum absolute atomic E-state index is 0.0905. The van der Waals surface area contributed by atoms with Gasteiger partial charge in [-0.2, -0.15) is 0 Å². The third kappa shape index (κ3) is 3.65. The van der Waals surface area contributed by atoms with Crippen molar-refractivity contribution in [3.05, 3.63) is 24.3 Å². The minimum atomic E-state index is -0.661. The van der Waals surface area contributed by atoms with E-state index in [2.05, 4.69) is 27.4 Å². The quantitative estimate of drug-likeness (QED) is 0.801. The highest BCUT2D eigenvalue weighted by Gasteiger charge is 2.45. The van der Waals surface area contributed by atoms with Gasteiger partial charge in [-0.25, -0.2) is 0 Å². The Balaban J connectivity index is 2.22. The zero-order chi connectivity index (χ0) is 17.4. The molecule has 0 aromatic carbocycles. The van der Waals surface area contributed by atoms with Gasteiger partial charge in [-0.1, -0.05) is 39.8 Å². The van der Waals surface area contributed by atoms with Crippen LogP contribution in [0.2, 0.25) is 0 Å². The molecular weight excluding hydrogens is 288 g/mol. The van der Waals surface area contributed by atoms with Crippen LogP contribution in [-0.4, -0.2) is 22.8 Å². The molecular formula is C20H30O3. The van der Waals surface area contributed by atoms with Crippen LogP contribution in [0.25, 0.3) is 0 Å². The highest BCUT2D eigenvalue weighted by Crippen LogP contribution is 2.46. The summed E-state index contributed by atoms with van der Waals surface area (Å²) < 4.78 is 0. The first-order valence-corrected chi connectivity index (χ1v) is 8.69. The molecule has 0 spiro atoms. The normalized spacial score (nSPS) is 35.6. The van der Waals surface area contributed by atoms with Gasteiger partial charge in [-0.15, -0.1) is 6.58 Å². The van der Waals surface area contributed by atoms with E-state index in [9.17, 15) is 14.7 Å². The Morgan fingerprint density at radius 1 is 1.30 bits per heavy atom. The number of rotatable bonds is 4. The lowest BCUT2D eigenvalue weighted by molar-refractivity contribution is -0.135. The summed E-state index contributed by atoms with van der Waals surface area (Å²) in [6.07, 6.45) is 6.20. The maximum Gasteiger partial charge on any atom is 0.158 e. The molecule has 0 radical (unpaired) electrons. The van der Waals surface area contributed by atoms with E-state index < -0.39 is 6.10 Å². The fraction of sp³-hybridized carbons (Fsp3) is 0.700. The molecule has 128 valence electrons. The van der Waals surface area contributed by atoms with Gasteiger partial charge in [0, 0.05) is 30.6 Å². The highest BCUT2D eigenvalue weighted by atomic mass is 16.3. The Kier molecular flexibility index (Phi) is 5.00. The Morgan fingerprint density at radius 2 is 1.96 bits per heavy atom. The van der Waals surface area contributed by atoms with Gasteiger partial charge < -0.3 is 5.11 Å². The maximum absolute atomic E-state index is 12.2. The van der Waals surface area contributed by atoms with E-state index in [1.807, 2.05) is 19.1 Å². The van der Waals surface area contributed by atoms with Crippen molar-refractivity contribution in [1.82, 2.24) is 0 Å². The number of hydrogen-bond donors (Lipinski definition) is 1. The smallest absolute Gasteiger partial charge is 0.158 e. The van der Waals surface area contributed by atoms with Gasteiger partial charge in [0.25, 0.3) is 0 Å². The van der Waals surface area contributed by atoms with Gasteiger partial charge in [0.1, 0.15) is 5.78 Å². The number of ketones is 2. The molecule has 23 heavy (non-hydrogen) atoms. The van der Waals surface area contributed by atoms with Gasteiger partial charge in [-0.3, -0.25) is 9.59 Å². The van der Waals surface area contributed by atoms with E-state index in [0.29, 0.717) is 24.8 Å². The number of Topliss-reactive ketones (excluding diaryl/α,β-unsaturated/α-hetero) is 2. The summed E-state index contributed by atoms with van der Waals surface area (Å²) in [7, 11) is 0. The third-order valence-electron chi connectivity index (χ3n) is 6.03. The van der Waals surface area contributed by atoms with Crippen LogP contribution in [0, 0.1) is 22.7 Å². The molecule has 0 aromatic heterocycles. The molecule has 1 N–H and O–H groups in total. The summed E-state index contributed by atoms with van der Waals surface area (Å²) in [4.78, 5) is 24.3. The molecule has 0 aliphatic heterocycles. The van der Waals surface area contributed by atoms with E-state index in [4.69, 9.17) is 0 Å². The minimum Gasteiger partial charge on any atom is -0.392 e. The largest absolute Gasteiger partial charge is 0.392 e. The molecule has 1 saturated carbocycles. The van der Waals surface area contributed by atoms with Crippen molar-refractivity contribution in [1.29, 1.82) is 0 Å². The first-order chi connectivity index (χ1) is 10.6. The zero-order valence-corrected chi connectivity index (χ0v) is 14.9. The number of aliphatic hydroxyl groups excluding tert-OH is 1. The van der Waals surface area contributed by atoms with Crippen molar-refractivity contribution in [2.75, 3.05) is 0 Å². The number of aliphatic hydroxyl groups is 1. The van der Waals surface area contributed by atoms with E-state index in [1.54, 1.807) is 0 Å². The molecule has 3 heteroatoms. The summed E-state index contributed by atoms with van der Waals surface area (Å²) in [6, 6.07) is 0. The van der Waals surface area contributed by atoms with E-state index >= 15 is 0 Å². The molecule has 0 bridgehead atoms. The summed E-state index contributed by atoms with van der Waals surface area (Å²) in [5, 5.41) is 10.8. The summed E-state index contributed by atoms with van der Waals surface area (Å²) in [5.41, 5.74) is 0.436. The van der Waals surface area contributed by atoms with Crippen LogP contribution in [0.15, 0.2) is 24.3 Å². The number of hydrogen-bond acceptors (Lipinski definition) is 3. The van der Waals surface area contributed by atoms with Gasteiger partial charge in [0.2, 0.25) is 0 Å². The van der Waals surface area contributed by atoms with Crippen LogP contribution in [-0.2, 0) is 9.59 Å². The van der Waals surface area contributed by atoms with Crippen molar-refractivity contribution < 1.29 is 14.7 Å². The van der Waals surface area contributed by atoms with Crippen LogP contribution in [0.1, 0.15) is 59.8 Å². The molecule has 0 unspecified atom stereocenters. The van der Waals surface area contributed by atoms with Crippen LogP contribution in [0.3, 0.4) is 0 Å². The summed E-state index contributed by atoms with van der Waals surface area (Å²) >= 11 is 0. The number of carbonyl (C=O) groups excluding carboxylic acids is 2. The predicted octanol–water partition coefficient (Wildman–Crippen LogP) is 3.86. The Hall–Kier alpha value is -1.22. The molecule has 1 fully saturated rings. The molecule has 2 aliphatic rings. The topological polar surface area (TPSA) is 54.4 Å².